The summed E-state index contributed by atoms with van der Waals surface area (Å²) >= 11 is 0. The van der Waals surface area contributed by atoms with Crippen LogP contribution in [0.4, 0.5) is 0 Å². The normalized spacial score (nSPS) is 16.3. The lowest BCUT2D eigenvalue weighted by Gasteiger charge is -2.57. The molecule has 5 nitrogen and oxygen atoms in total. The molecule has 0 heterocycles. The highest BCUT2D eigenvalue weighted by Gasteiger charge is 2.64. The summed E-state index contributed by atoms with van der Waals surface area (Å²) in [5, 5.41) is 0. The summed E-state index contributed by atoms with van der Waals surface area (Å²) in [6, 6.07) is 0. The van der Waals surface area contributed by atoms with Crippen LogP contribution in [0.3, 0.4) is 0 Å². The van der Waals surface area contributed by atoms with E-state index in [1.54, 1.807) is 0 Å². The quantitative estimate of drug-likeness (QED) is 0.673. The Morgan fingerprint density at radius 1 is 0.667 bits per heavy atom. The predicted molar refractivity (Wildman–Crippen MR) is 77.2 cm³/mol. The Morgan fingerprint density at radius 3 is 0.944 bits per heavy atom. The molecule has 0 saturated carbocycles. The van der Waals surface area contributed by atoms with E-state index in [4.69, 9.17) is 0 Å². The van der Waals surface area contributed by atoms with Crippen molar-refractivity contribution in [3.63, 3.8) is 0 Å². The number of rotatable bonds is 8. The second-order valence-corrected chi connectivity index (χ2v) is 7.93. The van der Waals surface area contributed by atoms with E-state index in [-0.39, 0.29) is 7.78 Å². The van der Waals surface area contributed by atoms with Crippen LogP contribution in [0.25, 0.3) is 0 Å². The monoisotopic (exact) mass is 284 g/mol. The molecule has 18 heavy (non-hydrogen) atoms. The van der Waals surface area contributed by atoms with Crippen molar-refractivity contribution >= 4 is 10.00 Å². The average Bonchev–Trinajstić information content (AvgIpc) is 2.33. The lowest BCUT2D eigenvalue weighted by molar-refractivity contribution is -0.918. The van der Waals surface area contributed by atoms with Crippen molar-refractivity contribution in [2.24, 2.45) is 0 Å². The van der Waals surface area contributed by atoms with Crippen LogP contribution in [-0.2, 0) is 10.00 Å². The average molecular weight is 284 g/mol. The molecule has 6 heteroatoms. The van der Waals surface area contributed by atoms with E-state index in [9.17, 15) is 13.3 Å². The minimum absolute atomic E-state index is 0.146. The molecule has 112 valence electrons. The van der Waals surface area contributed by atoms with Gasteiger partial charge in [-0.15, -0.1) is 4.21 Å². The summed E-state index contributed by atoms with van der Waals surface area (Å²) < 4.78 is 34.7. The van der Waals surface area contributed by atoms with Crippen LogP contribution in [0, 0.1) is 0 Å². The molecule has 0 saturated heterocycles. The molecule has 0 unspecified atom stereocenters. The zero-order valence-electron chi connectivity index (χ0n) is 12.8. The van der Waals surface area contributed by atoms with Crippen molar-refractivity contribution in [3.05, 3.63) is 0 Å². The van der Waals surface area contributed by atoms with Crippen molar-refractivity contribution < 1.29 is 21.1 Å². The third-order valence-corrected chi connectivity index (χ3v) is 9.07. The Morgan fingerprint density at radius 2 is 0.833 bits per heavy atom. The molecule has 0 bridgehead atoms. The largest absolute Gasteiger partial charge is 0.337 e. The molecule has 0 amide bonds. The van der Waals surface area contributed by atoms with Gasteiger partial charge in [-0.3, -0.25) is 0 Å². The molecule has 0 aromatic heterocycles. The maximum atomic E-state index is 13.3. The predicted octanol–water partition coefficient (Wildman–Crippen LogP) is 2.34. The lowest BCUT2D eigenvalue weighted by atomic mass is 10.5. The van der Waals surface area contributed by atoms with Crippen LogP contribution in [0.1, 0.15) is 41.5 Å². The first-order valence-electron chi connectivity index (χ1n) is 7.04. The zero-order valence-corrected chi connectivity index (χ0v) is 13.7. The Bertz CT molecular complexity index is 288. The second-order valence-electron chi connectivity index (χ2n) is 4.80. The molecule has 0 rings (SSSR count). The lowest BCUT2D eigenvalue weighted by Crippen LogP contribution is -2.79. The maximum absolute atomic E-state index is 13.3. The van der Waals surface area contributed by atoms with Crippen molar-refractivity contribution in [2.45, 2.75) is 41.5 Å². The van der Waals surface area contributed by atoms with Crippen molar-refractivity contribution in [1.82, 2.24) is 0 Å². The van der Waals surface area contributed by atoms with Gasteiger partial charge in [0.1, 0.15) is 0 Å². The zero-order chi connectivity index (χ0) is 14.7. The molecule has 0 aliphatic carbocycles. The SMILES string of the molecule is CC[N+](CC)(CC)S(=O)(O)(O)[N+](CC)(CC)CC. The molecule has 0 aliphatic rings. The molecule has 0 aromatic carbocycles. The van der Waals surface area contributed by atoms with E-state index in [0.717, 1.165) is 0 Å². The fourth-order valence-electron chi connectivity index (χ4n) is 3.06. The fourth-order valence-corrected chi connectivity index (χ4v) is 6.51. The van der Waals surface area contributed by atoms with Crippen LogP contribution in [0.5, 0.6) is 0 Å². The summed E-state index contributed by atoms with van der Waals surface area (Å²) in [5.41, 5.74) is 0. The number of nitrogens with zero attached hydrogens (tertiary/aromatic N) is 2. The van der Waals surface area contributed by atoms with Gasteiger partial charge in [0.05, 0.1) is 39.3 Å². The first-order chi connectivity index (χ1) is 8.15. The van der Waals surface area contributed by atoms with E-state index >= 15 is 0 Å². The van der Waals surface area contributed by atoms with Gasteiger partial charge in [-0.1, -0.05) is 0 Å². The van der Waals surface area contributed by atoms with Crippen LogP contribution >= 0.6 is 0 Å². The van der Waals surface area contributed by atoms with Crippen molar-refractivity contribution in [2.75, 3.05) is 39.3 Å². The summed E-state index contributed by atoms with van der Waals surface area (Å²) in [7, 11) is -4.84. The molecule has 0 atom stereocenters. The minimum atomic E-state index is -4.84. The van der Waals surface area contributed by atoms with Gasteiger partial charge in [-0.2, -0.15) is 7.78 Å². The van der Waals surface area contributed by atoms with Gasteiger partial charge in [0.25, 0.3) is 0 Å². The Balaban J connectivity index is 6.16. The van der Waals surface area contributed by atoms with Gasteiger partial charge in [0.15, 0.2) is 0 Å². The van der Waals surface area contributed by atoms with Crippen molar-refractivity contribution in [1.29, 1.82) is 0 Å². The molecule has 0 aromatic rings. The van der Waals surface area contributed by atoms with E-state index in [0.29, 0.717) is 39.3 Å². The highest BCUT2D eigenvalue weighted by atomic mass is 32.3. The van der Waals surface area contributed by atoms with Crippen LogP contribution < -0.4 is 0 Å². The van der Waals surface area contributed by atoms with Gasteiger partial charge >= 0.3 is 10.00 Å². The first kappa shape index (κ1) is 18.0. The molecule has 0 spiro atoms. The van der Waals surface area contributed by atoms with Crippen LogP contribution in [0.2, 0.25) is 0 Å². The number of hydrogen-bond acceptors (Lipinski definition) is 1. The smallest absolute Gasteiger partial charge is 0.227 e. The van der Waals surface area contributed by atoms with Crippen LogP contribution in [0.15, 0.2) is 0 Å². The third kappa shape index (κ3) is 2.04. The molecular formula is C12H32N2O3S+2. The van der Waals surface area contributed by atoms with Gasteiger partial charge in [-0.05, 0) is 41.5 Å². The molecule has 0 aliphatic heterocycles. The maximum Gasteiger partial charge on any atom is 0.337 e. The topological polar surface area (TPSA) is 57.5 Å². The van der Waals surface area contributed by atoms with E-state index in [1.165, 1.54) is 0 Å². The Kier molecular flexibility index (Phi) is 5.54. The first-order valence-corrected chi connectivity index (χ1v) is 8.83. The summed E-state index contributed by atoms with van der Waals surface area (Å²) in [4.78, 5) is 0. The third-order valence-electron chi connectivity index (χ3n) is 4.81. The van der Waals surface area contributed by atoms with E-state index in [1.807, 2.05) is 41.5 Å². The van der Waals surface area contributed by atoms with Gasteiger partial charge < -0.3 is 0 Å². The van der Waals surface area contributed by atoms with Gasteiger partial charge in [0.2, 0.25) is 0 Å². The summed E-state index contributed by atoms with van der Waals surface area (Å²) in [6.07, 6.45) is 0. The van der Waals surface area contributed by atoms with Gasteiger partial charge in [-0.25, -0.2) is 9.11 Å². The van der Waals surface area contributed by atoms with E-state index < -0.39 is 10.00 Å². The number of quaternary nitrogens is 2. The highest BCUT2D eigenvalue weighted by molar-refractivity contribution is 7.99. The molecule has 0 radical (unpaired) electrons. The fraction of sp³-hybridized carbons (Fsp3) is 1.00. The van der Waals surface area contributed by atoms with Crippen molar-refractivity contribution in [3.8, 4) is 0 Å². The Hall–Kier alpha value is -0.0100. The second kappa shape index (κ2) is 5.54. The summed E-state index contributed by atoms with van der Waals surface area (Å²) in [6.45, 7) is 13.9. The van der Waals surface area contributed by atoms with Crippen LogP contribution in [-0.4, -0.2) is 60.4 Å². The standard InChI is InChI=1S/C12H30N2O3S/c1-7-13(8-2,9-3)18(15,16,17)14(10-4,11-5)12-6/h7-12H2,1-6H3/p+2. The minimum Gasteiger partial charge on any atom is -0.227 e. The molecular weight excluding hydrogens is 252 g/mol. The Labute approximate surface area is 112 Å². The number of hydrogen-bond donors (Lipinski definition) is 2. The van der Waals surface area contributed by atoms with Gasteiger partial charge in [0, 0.05) is 0 Å². The van der Waals surface area contributed by atoms with E-state index in [2.05, 4.69) is 0 Å². The highest BCUT2D eigenvalue weighted by Crippen LogP contribution is 2.41. The summed E-state index contributed by atoms with van der Waals surface area (Å²) in [5.74, 6) is 0. The molecule has 2 N–H and O–H groups in total. The molecule has 0 fully saturated rings.